The molecule has 1 fully saturated rings. The van der Waals surface area contributed by atoms with Crippen LogP contribution in [0.3, 0.4) is 0 Å². The number of ether oxygens (including phenoxy) is 3. The Morgan fingerprint density at radius 2 is 2.07 bits per heavy atom. The number of carbonyl (C=O) groups is 1. The molecule has 0 bridgehead atoms. The number of carbonyl (C=O) groups excluding carboxylic acids is 1. The largest absolute Gasteiger partial charge is 0.370 e. The molecule has 1 saturated heterocycles. The summed E-state index contributed by atoms with van der Waals surface area (Å²) in [6.07, 6.45) is 17.5. The SMILES string of the molecule is [B]SOC(CC(C)=O)CC1C=CCC(CC(C)CC(=C)CCC2OC2CC(OP)C(/C=C/C2CC(C)=CCO2)OP([B])C)O1. The lowest BCUT2D eigenvalue weighted by molar-refractivity contribution is -0.118. The van der Waals surface area contributed by atoms with Crippen molar-refractivity contribution in [1.82, 2.24) is 0 Å². The molecular formula is C32H50B2O7P2S. The molecule has 0 aliphatic carbocycles. The van der Waals surface area contributed by atoms with Crippen LogP contribution in [0.1, 0.15) is 78.6 Å². The van der Waals surface area contributed by atoms with Gasteiger partial charge >= 0.3 is 0 Å². The summed E-state index contributed by atoms with van der Waals surface area (Å²) in [5.74, 6) is 0.533. The van der Waals surface area contributed by atoms with E-state index in [4.69, 9.17) is 42.1 Å². The first kappa shape index (κ1) is 38.2. The molecule has 0 aromatic heterocycles. The quantitative estimate of drug-likeness (QED) is 0.0426. The maximum absolute atomic E-state index is 11.6. The molecule has 0 N–H and O–H groups in total. The van der Waals surface area contributed by atoms with Crippen molar-refractivity contribution >= 4 is 49.9 Å². The number of allylic oxidation sites excluding steroid dienone is 1. The van der Waals surface area contributed by atoms with E-state index >= 15 is 0 Å². The zero-order valence-corrected chi connectivity index (χ0v) is 29.7. The van der Waals surface area contributed by atoms with Crippen LogP contribution in [-0.2, 0) is 32.2 Å². The fraction of sp³-hybridized carbons (Fsp3) is 0.719. The van der Waals surface area contributed by atoms with Gasteiger partial charge in [-0.15, -0.1) is 0 Å². The molecule has 3 aliphatic rings. The van der Waals surface area contributed by atoms with Crippen LogP contribution in [0.15, 0.2) is 48.1 Å². The van der Waals surface area contributed by atoms with Crippen LogP contribution in [0.5, 0.6) is 0 Å². The first-order valence-electron chi connectivity index (χ1n) is 15.7. The van der Waals surface area contributed by atoms with Crippen molar-refractivity contribution in [3.63, 3.8) is 0 Å². The van der Waals surface area contributed by atoms with E-state index in [9.17, 15) is 4.79 Å². The minimum absolute atomic E-state index is 0.0400. The Kier molecular flexibility index (Phi) is 17.5. The van der Waals surface area contributed by atoms with Crippen LogP contribution in [0, 0.1) is 5.92 Å². The molecule has 44 heavy (non-hydrogen) atoms. The third kappa shape index (κ3) is 14.7. The normalized spacial score (nSPS) is 28.7. The van der Waals surface area contributed by atoms with Gasteiger partial charge in [-0.2, -0.15) is 0 Å². The van der Waals surface area contributed by atoms with Crippen molar-refractivity contribution in [2.24, 2.45) is 5.92 Å². The standard InChI is InChI=1S/C32H50B2O7P2S/c1-21(15-23(3)17-26-7-6-8-27(37-26)19-28(41-44-34)18-24(4)35)9-11-29-31(38-29)20-32(39-42)30(40-43(5)33)12-10-25-16-22(2)13-14-36-25/h6,8,10,12-13,23,25-32H,1,7,9,11,14-20,42H2,2-5H3/b12-10+. The van der Waals surface area contributed by atoms with Gasteiger partial charge in [-0.3, -0.25) is 4.79 Å². The maximum Gasteiger partial charge on any atom is 0.203 e. The highest BCUT2D eigenvalue weighted by molar-refractivity contribution is 8.15. The van der Waals surface area contributed by atoms with E-state index in [0.717, 1.165) is 56.8 Å². The lowest BCUT2D eigenvalue weighted by Gasteiger charge is -2.30. The number of ketones is 1. The summed E-state index contributed by atoms with van der Waals surface area (Å²) < 4.78 is 35.6. The second-order valence-electron chi connectivity index (χ2n) is 12.5. The van der Waals surface area contributed by atoms with Gasteiger partial charge < -0.3 is 27.4 Å². The summed E-state index contributed by atoms with van der Waals surface area (Å²) in [5.41, 5.74) is 2.57. The number of hydrogen-bond donors (Lipinski definition) is 0. The molecule has 11 unspecified atom stereocenters. The molecular weight excluding hydrogens is 612 g/mol. The lowest BCUT2D eigenvalue weighted by Crippen LogP contribution is -2.30. The Labute approximate surface area is 276 Å². The fourth-order valence-corrected chi connectivity index (χ4v) is 7.15. The predicted molar refractivity (Wildman–Crippen MR) is 186 cm³/mol. The van der Waals surface area contributed by atoms with Crippen LogP contribution in [-0.4, -0.2) is 82.6 Å². The van der Waals surface area contributed by atoms with E-state index in [2.05, 4.69) is 54.2 Å². The first-order valence-corrected chi connectivity index (χ1v) is 18.7. The monoisotopic (exact) mass is 662 g/mol. The fourth-order valence-electron chi connectivity index (χ4n) is 5.99. The maximum atomic E-state index is 11.6. The molecule has 7 nitrogen and oxygen atoms in total. The number of Topliss-reactive ketones (excluding diaryl/α,β-unsaturated/α-hetero) is 1. The Hall–Kier alpha value is -0.270. The van der Waals surface area contributed by atoms with Crippen molar-refractivity contribution in [2.45, 2.75) is 127 Å². The molecule has 11 atom stereocenters. The first-order chi connectivity index (χ1) is 21.1. The Bertz CT molecular complexity index is 998. The van der Waals surface area contributed by atoms with Crippen LogP contribution in [0.25, 0.3) is 0 Å². The summed E-state index contributed by atoms with van der Waals surface area (Å²) in [7, 11) is 12.9. The van der Waals surface area contributed by atoms with Gasteiger partial charge in [0.2, 0.25) is 7.12 Å². The summed E-state index contributed by atoms with van der Waals surface area (Å²) in [5, 5.41) is 0. The van der Waals surface area contributed by atoms with Gasteiger partial charge in [-0.25, -0.2) is 0 Å². The van der Waals surface area contributed by atoms with E-state index in [1.165, 1.54) is 11.1 Å². The van der Waals surface area contributed by atoms with Crippen LogP contribution >= 0.6 is 29.4 Å². The van der Waals surface area contributed by atoms with Crippen molar-refractivity contribution in [3.05, 3.63) is 48.1 Å². The smallest absolute Gasteiger partial charge is 0.203 e. The van der Waals surface area contributed by atoms with Gasteiger partial charge in [0.05, 0.1) is 49.3 Å². The number of hydrogen-bond acceptors (Lipinski definition) is 8. The summed E-state index contributed by atoms with van der Waals surface area (Å²) in [6.45, 7) is 12.9. The predicted octanol–water partition coefficient (Wildman–Crippen LogP) is 7.06. The van der Waals surface area contributed by atoms with Gasteiger partial charge in [0.1, 0.15) is 19.5 Å². The van der Waals surface area contributed by atoms with Crippen molar-refractivity contribution in [2.75, 3.05) is 13.3 Å². The molecule has 0 aromatic rings. The molecule has 3 aliphatic heterocycles. The minimum Gasteiger partial charge on any atom is -0.370 e. The molecule has 0 aromatic carbocycles. The average Bonchev–Trinajstić information content (AvgIpc) is 3.70. The van der Waals surface area contributed by atoms with Crippen molar-refractivity contribution in [1.29, 1.82) is 0 Å². The zero-order valence-electron chi connectivity index (χ0n) is 26.8. The Morgan fingerprint density at radius 1 is 1.27 bits per heavy atom. The molecule has 3 heterocycles. The second-order valence-corrected chi connectivity index (χ2v) is 14.5. The summed E-state index contributed by atoms with van der Waals surface area (Å²) in [6, 6.07) is 0. The van der Waals surface area contributed by atoms with Crippen LogP contribution in [0.4, 0.5) is 0 Å². The van der Waals surface area contributed by atoms with E-state index in [0.29, 0.717) is 25.4 Å². The second kappa shape index (κ2) is 20.2. The van der Waals surface area contributed by atoms with Crippen molar-refractivity contribution < 1.29 is 32.2 Å². The molecule has 4 radical (unpaired) electrons. The summed E-state index contributed by atoms with van der Waals surface area (Å²) in [4.78, 5) is 11.6. The van der Waals surface area contributed by atoms with E-state index < -0.39 is 8.03 Å². The highest BCUT2D eigenvalue weighted by atomic mass is 32.2. The highest BCUT2D eigenvalue weighted by Crippen LogP contribution is 2.37. The topological polar surface area (TPSA) is 75.8 Å². The summed E-state index contributed by atoms with van der Waals surface area (Å²) >= 11 is 0.808. The Balaban J connectivity index is 1.38. The van der Waals surface area contributed by atoms with E-state index in [-0.39, 0.29) is 54.6 Å². The molecule has 0 saturated carbocycles. The molecule has 242 valence electrons. The average molecular weight is 662 g/mol. The third-order valence-corrected chi connectivity index (χ3v) is 9.47. The van der Waals surface area contributed by atoms with Gasteiger partial charge in [0.15, 0.2) is 0 Å². The van der Waals surface area contributed by atoms with E-state index in [1.54, 1.807) is 6.92 Å². The van der Waals surface area contributed by atoms with Gasteiger partial charge in [-0.05, 0) is 73.0 Å². The van der Waals surface area contributed by atoms with Crippen LogP contribution in [0.2, 0.25) is 0 Å². The molecule has 0 spiro atoms. The van der Waals surface area contributed by atoms with E-state index in [1.807, 2.05) is 12.7 Å². The third-order valence-electron chi connectivity index (χ3n) is 8.17. The minimum atomic E-state index is -1.06. The van der Waals surface area contributed by atoms with Crippen molar-refractivity contribution in [3.8, 4) is 0 Å². The van der Waals surface area contributed by atoms with Crippen LogP contribution < -0.4 is 0 Å². The molecule has 12 heteroatoms. The van der Waals surface area contributed by atoms with Gasteiger partial charge in [0.25, 0.3) is 0 Å². The van der Waals surface area contributed by atoms with Gasteiger partial charge in [-0.1, -0.05) is 66.9 Å². The number of rotatable bonds is 21. The van der Waals surface area contributed by atoms with Gasteiger partial charge in [0, 0.05) is 28.7 Å². The molecule has 0 amide bonds. The zero-order chi connectivity index (χ0) is 32.1. The Morgan fingerprint density at radius 3 is 2.75 bits per heavy atom. The lowest BCUT2D eigenvalue weighted by atomic mass is 9.91. The highest BCUT2D eigenvalue weighted by Gasteiger charge is 2.41. The number of epoxide rings is 1. The molecule has 3 rings (SSSR count).